The van der Waals surface area contributed by atoms with Crippen LogP contribution in [0.15, 0.2) is 51.9 Å². The van der Waals surface area contributed by atoms with Gasteiger partial charge in [0.15, 0.2) is 0 Å². The Hall–Kier alpha value is -3.63. The van der Waals surface area contributed by atoms with Crippen molar-refractivity contribution in [1.82, 2.24) is 25.0 Å². The molecule has 0 spiro atoms. The van der Waals surface area contributed by atoms with Crippen LogP contribution in [-0.4, -0.2) is 70.3 Å². The summed E-state index contributed by atoms with van der Waals surface area (Å²) in [4.78, 5) is 40.6. The first-order valence-corrected chi connectivity index (χ1v) is 14.9. The van der Waals surface area contributed by atoms with E-state index in [1.807, 2.05) is 31.2 Å². The second-order valence-electron chi connectivity index (χ2n) is 11.8. The SMILES string of the molecule is CCC(C)C(/C=C1/CN(C)CCN1C)=Nc1cc(-c2nc(NC(=O)c3ccc(C(C)(C)C)cc3)c(C)s2)n[nH]c1=O. The molecule has 1 amide bonds. The third kappa shape index (κ3) is 7.37. The van der Waals surface area contributed by atoms with E-state index in [0.717, 1.165) is 42.2 Å². The number of aromatic amines is 1. The Morgan fingerprint density at radius 2 is 1.93 bits per heavy atom. The van der Waals surface area contributed by atoms with Gasteiger partial charge < -0.3 is 10.2 Å². The minimum Gasteiger partial charge on any atom is -0.375 e. The number of H-pyrrole nitrogens is 1. The molecular weight excluding hydrogens is 534 g/mol. The van der Waals surface area contributed by atoms with E-state index in [-0.39, 0.29) is 28.5 Å². The monoisotopic (exact) mass is 575 g/mol. The maximum Gasteiger partial charge on any atom is 0.290 e. The fraction of sp³-hybridized carbons (Fsp3) is 0.452. The molecule has 1 unspecified atom stereocenters. The summed E-state index contributed by atoms with van der Waals surface area (Å²) in [7, 11) is 4.20. The molecular formula is C31H41N7O2S. The van der Waals surface area contributed by atoms with Gasteiger partial charge in [-0.05, 0) is 55.5 Å². The summed E-state index contributed by atoms with van der Waals surface area (Å²) in [5, 5.41) is 10.3. The lowest BCUT2D eigenvalue weighted by Crippen LogP contribution is -2.41. The van der Waals surface area contributed by atoms with Crippen molar-refractivity contribution < 1.29 is 4.79 Å². The van der Waals surface area contributed by atoms with Gasteiger partial charge in [0.1, 0.15) is 22.2 Å². The van der Waals surface area contributed by atoms with Gasteiger partial charge in [-0.25, -0.2) is 15.1 Å². The minimum absolute atomic E-state index is 0.0110. The van der Waals surface area contributed by atoms with E-state index in [2.05, 4.69) is 85.1 Å². The van der Waals surface area contributed by atoms with Crippen molar-refractivity contribution in [3.8, 4) is 10.7 Å². The number of aromatic nitrogens is 3. The normalized spacial score (nSPS) is 16.7. The number of nitrogens with one attached hydrogen (secondary N) is 2. The highest BCUT2D eigenvalue weighted by Crippen LogP contribution is 2.31. The third-order valence-corrected chi connectivity index (χ3v) is 8.46. The molecule has 0 bridgehead atoms. The van der Waals surface area contributed by atoms with Crippen LogP contribution in [0.5, 0.6) is 0 Å². The summed E-state index contributed by atoms with van der Waals surface area (Å²) in [6.07, 6.45) is 3.00. The quantitative estimate of drug-likeness (QED) is 0.354. The molecule has 0 radical (unpaired) electrons. The van der Waals surface area contributed by atoms with Gasteiger partial charge in [0.2, 0.25) is 0 Å². The Morgan fingerprint density at radius 1 is 1.22 bits per heavy atom. The second-order valence-corrected chi connectivity index (χ2v) is 13.0. The summed E-state index contributed by atoms with van der Waals surface area (Å²) in [5.41, 5.74) is 4.19. The first-order chi connectivity index (χ1) is 19.3. The average Bonchev–Trinajstić information content (AvgIpc) is 3.30. The van der Waals surface area contributed by atoms with Crippen LogP contribution in [0.4, 0.5) is 11.5 Å². The van der Waals surface area contributed by atoms with Crippen molar-refractivity contribution in [3.05, 3.63) is 68.5 Å². The lowest BCUT2D eigenvalue weighted by atomic mass is 9.87. The van der Waals surface area contributed by atoms with Crippen LogP contribution in [0.3, 0.4) is 0 Å². The number of amides is 1. The van der Waals surface area contributed by atoms with Crippen molar-refractivity contribution >= 4 is 34.5 Å². The molecule has 1 aliphatic heterocycles. The number of carbonyl (C=O) groups is 1. The summed E-state index contributed by atoms with van der Waals surface area (Å²) in [6, 6.07) is 9.30. The third-order valence-electron chi connectivity index (χ3n) is 7.47. The first kappa shape index (κ1) is 30.3. The maximum absolute atomic E-state index is 13.0. The van der Waals surface area contributed by atoms with Crippen LogP contribution in [-0.2, 0) is 5.41 Å². The van der Waals surface area contributed by atoms with Crippen molar-refractivity contribution in [2.45, 2.75) is 53.4 Å². The number of hydrogen-bond acceptors (Lipinski definition) is 8. The number of piperazine rings is 1. The number of aliphatic imine (C=N–C) groups is 1. The molecule has 1 aromatic carbocycles. The van der Waals surface area contributed by atoms with Crippen molar-refractivity contribution in [1.29, 1.82) is 0 Å². The van der Waals surface area contributed by atoms with E-state index in [4.69, 9.17) is 4.99 Å². The molecule has 0 aliphatic carbocycles. The first-order valence-electron chi connectivity index (χ1n) is 14.0. The highest BCUT2D eigenvalue weighted by atomic mass is 32.1. The van der Waals surface area contributed by atoms with Crippen LogP contribution < -0.4 is 10.9 Å². The van der Waals surface area contributed by atoms with E-state index in [9.17, 15) is 9.59 Å². The van der Waals surface area contributed by atoms with E-state index in [1.165, 1.54) is 17.0 Å². The highest BCUT2D eigenvalue weighted by molar-refractivity contribution is 7.15. The summed E-state index contributed by atoms with van der Waals surface area (Å²) in [6.45, 7) is 15.3. The van der Waals surface area contributed by atoms with Crippen LogP contribution in [0.1, 0.15) is 61.8 Å². The van der Waals surface area contributed by atoms with Gasteiger partial charge in [-0.2, -0.15) is 5.10 Å². The van der Waals surface area contributed by atoms with Gasteiger partial charge in [0.25, 0.3) is 11.5 Å². The number of rotatable bonds is 7. The van der Waals surface area contributed by atoms with Crippen LogP contribution >= 0.6 is 11.3 Å². The number of allylic oxidation sites excluding steroid dienone is 1. The summed E-state index contributed by atoms with van der Waals surface area (Å²) >= 11 is 1.40. The number of aryl methyl sites for hydroxylation is 1. The molecule has 2 aromatic heterocycles. The minimum atomic E-state index is -0.359. The van der Waals surface area contributed by atoms with Crippen molar-refractivity contribution in [2.75, 3.05) is 39.0 Å². The molecule has 1 fully saturated rings. The van der Waals surface area contributed by atoms with Gasteiger partial charge in [0, 0.05) is 54.6 Å². The number of likely N-dealkylation sites (N-methyl/N-ethyl adjacent to an activating group) is 2. The number of carbonyl (C=O) groups excluding carboxylic acids is 1. The maximum atomic E-state index is 13.0. The number of thiazole rings is 1. The topological polar surface area (TPSA) is 107 Å². The molecule has 9 nitrogen and oxygen atoms in total. The Bertz CT molecular complexity index is 1510. The second kappa shape index (κ2) is 12.5. The Kier molecular flexibility index (Phi) is 9.24. The standard InChI is InChI=1S/C31H41N7O2S/c1-9-19(2)24(16-23-18-37(7)14-15-38(23)8)32-25-17-26(35-36-29(25)40)30-34-27(20(3)41-30)33-28(39)21-10-12-22(13-11-21)31(4,5)6/h10-13,16-17,19H,9,14-15,18H2,1-8H3,(H,33,39)(H,36,40)/b23-16-,32-24?. The Morgan fingerprint density at radius 3 is 2.59 bits per heavy atom. The average molecular weight is 576 g/mol. The highest BCUT2D eigenvalue weighted by Gasteiger charge is 2.20. The molecule has 1 aliphatic rings. The lowest BCUT2D eigenvalue weighted by Gasteiger charge is -2.34. The summed E-state index contributed by atoms with van der Waals surface area (Å²) in [5.74, 6) is 0.414. The lowest BCUT2D eigenvalue weighted by molar-refractivity contribution is 0.102. The molecule has 2 N–H and O–H groups in total. The smallest absolute Gasteiger partial charge is 0.290 e. The molecule has 218 valence electrons. The van der Waals surface area contributed by atoms with Crippen LogP contribution in [0.25, 0.3) is 10.7 Å². The molecule has 10 heteroatoms. The van der Waals surface area contributed by atoms with E-state index in [0.29, 0.717) is 22.1 Å². The largest absolute Gasteiger partial charge is 0.375 e. The fourth-order valence-electron chi connectivity index (χ4n) is 4.41. The number of anilines is 1. The van der Waals surface area contributed by atoms with E-state index < -0.39 is 0 Å². The predicted octanol–water partition coefficient (Wildman–Crippen LogP) is 5.63. The zero-order valence-corrected chi connectivity index (χ0v) is 26.1. The van der Waals surface area contributed by atoms with E-state index >= 15 is 0 Å². The molecule has 41 heavy (non-hydrogen) atoms. The van der Waals surface area contributed by atoms with E-state index in [1.54, 1.807) is 6.07 Å². The van der Waals surface area contributed by atoms with Crippen molar-refractivity contribution in [3.63, 3.8) is 0 Å². The Labute approximate surface area is 246 Å². The predicted molar refractivity (Wildman–Crippen MR) is 169 cm³/mol. The van der Waals surface area contributed by atoms with Crippen LogP contribution in [0, 0.1) is 12.8 Å². The van der Waals surface area contributed by atoms with Gasteiger partial charge in [-0.1, -0.05) is 46.8 Å². The molecule has 1 saturated heterocycles. The molecule has 0 saturated carbocycles. The fourth-order valence-corrected chi connectivity index (χ4v) is 5.24. The van der Waals surface area contributed by atoms with Gasteiger partial charge in [0.05, 0.1) is 0 Å². The van der Waals surface area contributed by atoms with Gasteiger partial charge in [-0.15, -0.1) is 11.3 Å². The molecule has 3 heterocycles. The molecule has 1 atom stereocenters. The number of hydrogen-bond donors (Lipinski definition) is 2. The number of benzene rings is 1. The van der Waals surface area contributed by atoms with Gasteiger partial charge in [-0.3, -0.25) is 14.5 Å². The van der Waals surface area contributed by atoms with Gasteiger partial charge >= 0.3 is 0 Å². The number of nitrogens with zero attached hydrogens (tertiary/aromatic N) is 5. The van der Waals surface area contributed by atoms with Crippen LogP contribution in [0.2, 0.25) is 0 Å². The summed E-state index contributed by atoms with van der Waals surface area (Å²) < 4.78 is 0. The van der Waals surface area contributed by atoms with Crippen molar-refractivity contribution in [2.24, 2.45) is 10.9 Å². The zero-order chi connectivity index (χ0) is 29.9. The molecule has 3 aromatic rings. The Balaban J connectivity index is 1.61. The molecule has 4 rings (SSSR count). The zero-order valence-electron chi connectivity index (χ0n) is 25.3.